The van der Waals surface area contributed by atoms with Gasteiger partial charge in [-0.25, -0.2) is 4.98 Å². The van der Waals surface area contributed by atoms with E-state index in [-0.39, 0.29) is 5.12 Å². The van der Waals surface area contributed by atoms with Gasteiger partial charge in [-0.15, -0.1) is 0 Å². The first-order valence-electron chi connectivity index (χ1n) is 5.75. The second kappa shape index (κ2) is 7.33. The Bertz CT molecular complexity index is 501. The molecule has 0 aliphatic heterocycles. The van der Waals surface area contributed by atoms with Crippen LogP contribution in [0.5, 0.6) is 5.88 Å². The van der Waals surface area contributed by atoms with Crippen molar-refractivity contribution in [2.75, 3.05) is 12.9 Å². The number of ether oxygens (including phenoxy) is 1. The molecule has 1 heterocycles. The van der Waals surface area contributed by atoms with E-state index in [0.29, 0.717) is 17.7 Å². The number of rotatable bonds is 5. The number of pyridine rings is 1. The van der Waals surface area contributed by atoms with Gasteiger partial charge in [-0.05, 0) is 18.1 Å². The van der Waals surface area contributed by atoms with Gasteiger partial charge in [0.05, 0.1) is 7.11 Å². The minimum absolute atomic E-state index is 0.0175. The van der Waals surface area contributed by atoms with Crippen LogP contribution < -0.4 is 4.74 Å². The van der Waals surface area contributed by atoms with Crippen LogP contribution in [0, 0.1) is 0 Å². The van der Waals surface area contributed by atoms with E-state index in [1.807, 2.05) is 0 Å². The third-order valence-corrected chi connectivity index (χ3v) is 3.12. The van der Waals surface area contributed by atoms with E-state index in [9.17, 15) is 18.0 Å². The highest BCUT2D eigenvalue weighted by molar-refractivity contribution is 8.13. The van der Waals surface area contributed by atoms with E-state index in [0.717, 1.165) is 13.2 Å². The van der Waals surface area contributed by atoms with Crippen molar-refractivity contribution in [3.8, 4) is 5.88 Å². The van der Waals surface area contributed by atoms with Crippen molar-refractivity contribution in [2.24, 2.45) is 0 Å². The molecule has 20 heavy (non-hydrogen) atoms. The summed E-state index contributed by atoms with van der Waals surface area (Å²) in [7, 11) is 1.14. The molecule has 0 aromatic carbocycles. The maximum Gasteiger partial charge on any atom is 0.421 e. The van der Waals surface area contributed by atoms with Gasteiger partial charge < -0.3 is 4.74 Å². The van der Waals surface area contributed by atoms with E-state index in [1.165, 1.54) is 24.9 Å². The smallest absolute Gasteiger partial charge is 0.421 e. The lowest BCUT2D eigenvalue weighted by Crippen LogP contribution is -2.09. The van der Waals surface area contributed by atoms with Gasteiger partial charge in [0.25, 0.3) is 0 Å². The van der Waals surface area contributed by atoms with Crippen LogP contribution in [0.3, 0.4) is 0 Å². The largest absolute Gasteiger partial charge is 0.481 e. The molecule has 0 fully saturated rings. The van der Waals surface area contributed by atoms with Crippen molar-refractivity contribution in [3.05, 3.63) is 29.5 Å². The second-order valence-electron chi connectivity index (χ2n) is 3.85. The highest BCUT2D eigenvalue weighted by atomic mass is 32.2. The number of carbonyl (C=O) groups excluding carboxylic acids is 1. The molecule has 3 nitrogen and oxygen atoms in total. The fourth-order valence-corrected chi connectivity index (χ4v) is 1.96. The summed E-state index contributed by atoms with van der Waals surface area (Å²) in [5, 5.41) is 0.0175. The number of hydrogen-bond acceptors (Lipinski definition) is 4. The number of aromatic nitrogens is 1. The molecule has 0 aliphatic rings. The minimum atomic E-state index is -4.51. The van der Waals surface area contributed by atoms with Crippen molar-refractivity contribution in [3.63, 3.8) is 0 Å². The summed E-state index contributed by atoms with van der Waals surface area (Å²) in [5.74, 6) is 0.156. The normalized spacial score (nSPS) is 11.8. The Morgan fingerprint density at radius 3 is 2.75 bits per heavy atom. The number of allylic oxidation sites excluding steroid dienone is 1. The van der Waals surface area contributed by atoms with Gasteiger partial charge in [0.1, 0.15) is 5.56 Å². The SMILES string of the molecule is COc1ncc(C=CCCSC(C)=O)cc1C(F)(F)F. The maximum absolute atomic E-state index is 12.8. The third-order valence-electron chi connectivity index (χ3n) is 2.27. The van der Waals surface area contributed by atoms with E-state index >= 15 is 0 Å². The monoisotopic (exact) mass is 305 g/mol. The topological polar surface area (TPSA) is 39.2 Å². The predicted octanol–water partition coefficient (Wildman–Crippen LogP) is 3.79. The van der Waals surface area contributed by atoms with Crippen molar-refractivity contribution in [1.82, 2.24) is 4.98 Å². The average molecular weight is 305 g/mol. The van der Waals surface area contributed by atoms with Crippen LogP contribution in [0.15, 0.2) is 18.3 Å². The summed E-state index contributed by atoms with van der Waals surface area (Å²) in [6.45, 7) is 1.47. The summed E-state index contributed by atoms with van der Waals surface area (Å²) in [4.78, 5) is 14.3. The van der Waals surface area contributed by atoms with Crippen LogP contribution >= 0.6 is 11.8 Å². The molecular formula is C13H14F3NO2S. The summed E-state index contributed by atoms with van der Waals surface area (Å²) in [5.41, 5.74) is -0.564. The van der Waals surface area contributed by atoms with Crippen LogP contribution in [0.2, 0.25) is 0 Å². The summed E-state index contributed by atoms with van der Waals surface area (Å²) >= 11 is 1.17. The number of methoxy groups -OCH3 is 1. The molecule has 1 rings (SSSR count). The van der Waals surface area contributed by atoms with Crippen molar-refractivity contribution in [2.45, 2.75) is 19.5 Å². The Kier molecular flexibility index (Phi) is 6.06. The Balaban J connectivity index is 2.77. The number of thioether (sulfide) groups is 1. The van der Waals surface area contributed by atoms with Crippen molar-refractivity contribution < 1.29 is 22.7 Å². The molecule has 0 saturated carbocycles. The first kappa shape index (κ1) is 16.6. The van der Waals surface area contributed by atoms with Crippen LogP contribution in [-0.2, 0) is 11.0 Å². The minimum Gasteiger partial charge on any atom is -0.481 e. The van der Waals surface area contributed by atoms with Crippen LogP contribution in [0.25, 0.3) is 6.08 Å². The molecule has 1 aromatic rings. The van der Waals surface area contributed by atoms with Crippen molar-refractivity contribution >= 4 is 23.0 Å². The van der Waals surface area contributed by atoms with E-state index < -0.39 is 17.6 Å². The molecule has 0 atom stereocenters. The lowest BCUT2D eigenvalue weighted by molar-refractivity contribution is -0.139. The second-order valence-corrected chi connectivity index (χ2v) is 5.13. The first-order chi connectivity index (χ1) is 9.34. The van der Waals surface area contributed by atoms with E-state index in [4.69, 9.17) is 0 Å². The van der Waals surface area contributed by atoms with Gasteiger partial charge in [-0.3, -0.25) is 4.79 Å². The van der Waals surface area contributed by atoms with Gasteiger partial charge in [0.2, 0.25) is 5.88 Å². The lowest BCUT2D eigenvalue weighted by Gasteiger charge is -2.11. The third kappa shape index (κ3) is 5.24. The lowest BCUT2D eigenvalue weighted by atomic mass is 10.1. The Labute approximate surface area is 119 Å². The number of hydrogen-bond donors (Lipinski definition) is 0. The molecule has 1 aromatic heterocycles. The molecule has 0 spiro atoms. The zero-order valence-electron chi connectivity index (χ0n) is 11.0. The molecular weight excluding hydrogens is 291 g/mol. The van der Waals surface area contributed by atoms with Crippen LogP contribution in [-0.4, -0.2) is 23.0 Å². The molecule has 0 radical (unpaired) electrons. The zero-order valence-corrected chi connectivity index (χ0v) is 11.8. The summed E-state index contributed by atoms with van der Waals surface area (Å²) < 4.78 is 42.9. The number of alkyl halides is 3. The average Bonchev–Trinajstić information content (AvgIpc) is 2.36. The van der Waals surface area contributed by atoms with Gasteiger partial charge in [0, 0.05) is 18.9 Å². The van der Waals surface area contributed by atoms with E-state index in [1.54, 1.807) is 12.2 Å². The molecule has 0 unspecified atom stereocenters. The number of nitrogens with zero attached hydrogens (tertiary/aromatic N) is 1. The first-order valence-corrected chi connectivity index (χ1v) is 6.74. The zero-order chi connectivity index (χ0) is 15.2. The Hall–Kier alpha value is -1.50. The predicted molar refractivity (Wildman–Crippen MR) is 72.6 cm³/mol. The van der Waals surface area contributed by atoms with Crippen LogP contribution in [0.1, 0.15) is 24.5 Å². The Morgan fingerprint density at radius 1 is 1.50 bits per heavy atom. The maximum atomic E-state index is 12.8. The Morgan fingerprint density at radius 2 is 2.20 bits per heavy atom. The van der Waals surface area contributed by atoms with Gasteiger partial charge in [-0.1, -0.05) is 23.9 Å². The quantitative estimate of drug-likeness (QED) is 0.776. The number of halogens is 3. The fourth-order valence-electron chi connectivity index (χ4n) is 1.42. The molecule has 110 valence electrons. The van der Waals surface area contributed by atoms with Gasteiger partial charge >= 0.3 is 6.18 Å². The highest BCUT2D eigenvalue weighted by Gasteiger charge is 2.35. The molecule has 0 amide bonds. The van der Waals surface area contributed by atoms with E-state index in [2.05, 4.69) is 9.72 Å². The van der Waals surface area contributed by atoms with Gasteiger partial charge in [0.15, 0.2) is 5.12 Å². The summed E-state index contributed by atoms with van der Waals surface area (Å²) in [6.07, 6.45) is 0.648. The molecule has 0 saturated heterocycles. The van der Waals surface area contributed by atoms with Gasteiger partial charge in [-0.2, -0.15) is 13.2 Å². The van der Waals surface area contributed by atoms with Crippen LogP contribution in [0.4, 0.5) is 13.2 Å². The number of carbonyl (C=O) groups is 1. The highest BCUT2D eigenvalue weighted by Crippen LogP contribution is 2.35. The molecule has 0 aliphatic carbocycles. The molecule has 0 bridgehead atoms. The fraction of sp³-hybridized carbons (Fsp3) is 0.385. The summed E-state index contributed by atoms with van der Waals surface area (Å²) in [6, 6.07) is 0.987. The van der Waals surface area contributed by atoms with Crippen molar-refractivity contribution in [1.29, 1.82) is 0 Å². The standard InChI is InChI=1S/C13H14F3NO2S/c1-9(18)20-6-4-3-5-10-7-11(13(14,15)16)12(19-2)17-8-10/h3,5,7-8H,4,6H2,1-2H3. The molecule has 0 N–H and O–H groups in total. The molecule has 7 heteroatoms.